The summed E-state index contributed by atoms with van der Waals surface area (Å²) in [6.45, 7) is 4.33. The number of unbranched alkanes of at least 4 members (excludes halogenated alkanes) is 6. The van der Waals surface area contributed by atoms with Gasteiger partial charge in [-0.05, 0) is 25.3 Å². The number of ether oxygens (including phenoxy) is 1. The van der Waals surface area contributed by atoms with Gasteiger partial charge in [0, 0.05) is 6.42 Å². The van der Waals surface area contributed by atoms with Crippen molar-refractivity contribution < 1.29 is 9.53 Å². The van der Waals surface area contributed by atoms with Crippen LogP contribution in [0.3, 0.4) is 0 Å². The molecule has 94 valence electrons. The van der Waals surface area contributed by atoms with Crippen LogP contribution in [0.2, 0.25) is 0 Å². The Hall–Kier alpha value is -0.790. The van der Waals surface area contributed by atoms with Crippen LogP contribution in [0.5, 0.6) is 0 Å². The smallest absolute Gasteiger partial charge is 0.310 e. The van der Waals surface area contributed by atoms with E-state index in [1.165, 1.54) is 25.7 Å². The van der Waals surface area contributed by atoms with Gasteiger partial charge >= 0.3 is 5.97 Å². The van der Waals surface area contributed by atoms with E-state index in [9.17, 15) is 4.79 Å². The van der Waals surface area contributed by atoms with Crippen LogP contribution in [-0.2, 0) is 9.53 Å². The van der Waals surface area contributed by atoms with E-state index in [-0.39, 0.29) is 5.97 Å². The van der Waals surface area contributed by atoms with Crippen LogP contribution < -0.4 is 0 Å². The fraction of sp³-hybridized carbons (Fsp3) is 0.786. The lowest BCUT2D eigenvalue weighted by Crippen LogP contribution is -1.98. The first-order valence-corrected chi connectivity index (χ1v) is 6.65. The quantitative estimate of drug-likeness (QED) is 0.309. The minimum Gasteiger partial charge on any atom is -0.435 e. The Kier molecular flexibility index (Phi) is 11.7. The van der Waals surface area contributed by atoms with Crippen molar-refractivity contribution in [2.45, 2.75) is 71.6 Å². The fourth-order valence-electron chi connectivity index (χ4n) is 1.46. The average molecular weight is 226 g/mol. The molecule has 0 aliphatic rings. The molecule has 0 aliphatic heterocycles. The predicted octanol–water partition coefficient (Wildman–Crippen LogP) is 4.59. The summed E-state index contributed by atoms with van der Waals surface area (Å²) in [5.41, 5.74) is 0. The Bertz CT molecular complexity index is 185. The van der Waals surface area contributed by atoms with Gasteiger partial charge in [-0.3, -0.25) is 4.79 Å². The van der Waals surface area contributed by atoms with Crippen LogP contribution in [0.4, 0.5) is 0 Å². The van der Waals surface area contributed by atoms with Crippen molar-refractivity contribution >= 4 is 5.97 Å². The Labute approximate surface area is 100 Å². The van der Waals surface area contributed by atoms with Crippen LogP contribution in [0.25, 0.3) is 0 Å². The first-order valence-electron chi connectivity index (χ1n) is 6.65. The van der Waals surface area contributed by atoms with Gasteiger partial charge in [0.1, 0.15) is 0 Å². The molecule has 0 aromatic carbocycles. The van der Waals surface area contributed by atoms with E-state index in [2.05, 4.69) is 13.8 Å². The average Bonchev–Trinajstić information content (AvgIpc) is 2.28. The predicted molar refractivity (Wildman–Crippen MR) is 68.1 cm³/mol. The maximum absolute atomic E-state index is 11.2. The van der Waals surface area contributed by atoms with Gasteiger partial charge in [-0.25, -0.2) is 0 Å². The molecule has 2 heteroatoms. The highest BCUT2D eigenvalue weighted by Gasteiger charge is 1.98. The summed E-state index contributed by atoms with van der Waals surface area (Å²) in [6, 6.07) is 0. The molecule has 0 rings (SSSR count). The van der Waals surface area contributed by atoms with Crippen molar-refractivity contribution in [2.24, 2.45) is 0 Å². The van der Waals surface area contributed by atoms with Crippen LogP contribution in [-0.4, -0.2) is 5.97 Å². The van der Waals surface area contributed by atoms with E-state index in [4.69, 9.17) is 4.74 Å². The zero-order valence-electron chi connectivity index (χ0n) is 10.8. The van der Waals surface area contributed by atoms with Crippen LogP contribution >= 0.6 is 0 Å². The normalized spacial score (nSPS) is 10.9. The van der Waals surface area contributed by atoms with Crippen molar-refractivity contribution in [1.82, 2.24) is 0 Å². The Balaban J connectivity index is 3.27. The molecule has 0 radical (unpaired) electrons. The summed E-state index contributed by atoms with van der Waals surface area (Å²) >= 11 is 0. The lowest BCUT2D eigenvalue weighted by atomic mass is 10.1. The molecule has 0 fully saturated rings. The van der Waals surface area contributed by atoms with Crippen LogP contribution in [0.1, 0.15) is 71.6 Å². The van der Waals surface area contributed by atoms with Gasteiger partial charge in [-0.1, -0.05) is 46.0 Å². The van der Waals surface area contributed by atoms with Gasteiger partial charge in [0.25, 0.3) is 0 Å². The van der Waals surface area contributed by atoms with Crippen LogP contribution in [0, 0.1) is 0 Å². The monoisotopic (exact) mass is 226 g/mol. The second-order valence-electron chi connectivity index (χ2n) is 4.17. The standard InChI is InChI=1S/C14H26O2/c1-3-5-7-8-9-11-13-16-14(15)12-10-6-4-2/h11,13H,3-10,12H2,1-2H3. The summed E-state index contributed by atoms with van der Waals surface area (Å²) in [5.74, 6) is -0.0988. The zero-order valence-corrected chi connectivity index (χ0v) is 10.8. The zero-order chi connectivity index (χ0) is 12.1. The van der Waals surface area contributed by atoms with Gasteiger partial charge in [-0.15, -0.1) is 0 Å². The largest absolute Gasteiger partial charge is 0.435 e. The van der Waals surface area contributed by atoms with Crippen molar-refractivity contribution in [3.63, 3.8) is 0 Å². The van der Waals surface area contributed by atoms with Crippen molar-refractivity contribution in [1.29, 1.82) is 0 Å². The number of hydrogen-bond acceptors (Lipinski definition) is 2. The van der Waals surface area contributed by atoms with E-state index < -0.39 is 0 Å². The van der Waals surface area contributed by atoms with E-state index >= 15 is 0 Å². The molecular formula is C14H26O2. The first kappa shape index (κ1) is 15.2. The van der Waals surface area contributed by atoms with Gasteiger partial charge in [-0.2, -0.15) is 0 Å². The van der Waals surface area contributed by atoms with Crippen molar-refractivity contribution in [3.05, 3.63) is 12.3 Å². The summed E-state index contributed by atoms with van der Waals surface area (Å²) in [4.78, 5) is 11.2. The number of rotatable bonds is 10. The molecule has 0 saturated heterocycles. The second-order valence-corrected chi connectivity index (χ2v) is 4.17. The number of esters is 1. The fourth-order valence-corrected chi connectivity index (χ4v) is 1.46. The summed E-state index contributed by atoms with van der Waals surface area (Å²) in [5, 5.41) is 0. The molecule has 0 bridgehead atoms. The van der Waals surface area contributed by atoms with E-state index in [1.807, 2.05) is 6.08 Å². The molecular weight excluding hydrogens is 200 g/mol. The van der Waals surface area contributed by atoms with Gasteiger partial charge in [0.05, 0.1) is 6.26 Å². The molecule has 0 amide bonds. The third-order valence-corrected chi connectivity index (χ3v) is 2.50. The maximum Gasteiger partial charge on any atom is 0.310 e. The third kappa shape index (κ3) is 11.3. The first-order chi connectivity index (χ1) is 7.81. The van der Waals surface area contributed by atoms with Gasteiger partial charge in [0.2, 0.25) is 0 Å². The highest BCUT2D eigenvalue weighted by molar-refractivity contribution is 5.69. The molecule has 0 aromatic rings. The number of carbonyl (C=O) groups excluding carboxylic acids is 1. The third-order valence-electron chi connectivity index (χ3n) is 2.50. The number of allylic oxidation sites excluding steroid dienone is 1. The highest BCUT2D eigenvalue weighted by Crippen LogP contribution is 2.04. The lowest BCUT2D eigenvalue weighted by Gasteiger charge is -1.98. The topological polar surface area (TPSA) is 26.3 Å². The molecule has 0 saturated carbocycles. The summed E-state index contributed by atoms with van der Waals surface area (Å²) in [6.07, 6.45) is 13.3. The molecule has 0 N–H and O–H groups in total. The molecule has 0 atom stereocenters. The highest BCUT2D eigenvalue weighted by atomic mass is 16.5. The number of hydrogen-bond donors (Lipinski definition) is 0. The Morgan fingerprint density at radius 2 is 1.69 bits per heavy atom. The lowest BCUT2D eigenvalue weighted by molar-refractivity contribution is -0.138. The van der Waals surface area contributed by atoms with Crippen LogP contribution in [0.15, 0.2) is 12.3 Å². The van der Waals surface area contributed by atoms with E-state index in [1.54, 1.807) is 6.26 Å². The molecule has 2 nitrogen and oxygen atoms in total. The maximum atomic E-state index is 11.2. The Morgan fingerprint density at radius 3 is 2.38 bits per heavy atom. The minimum absolute atomic E-state index is 0.0988. The number of carbonyl (C=O) groups is 1. The van der Waals surface area contributed by atoms with Crippen molar-refractivity contribution in [3.8, 4) is 0 Å². The van der Waals surface area contributed by atoms with Gasteiger partial charge < -0.3 is 4.74 Å². The SMILES string of the molecule is CCCCCCC=COC(=O)CCCCC. The molecule has 0 aromatic heterocycles. The van der Waals surface area contributed by atoms with E-state index in [0.717, 1.165) is 25.7 Å². The second kappa shape index (κ2) is 12.3. The summed E-state index contributed by atoms with van der Waals surface area (Å²) < 4.78 is 4.98. The molecule has 16 heavy (non-hydrogen) atoms. The molecule has 0 spiro atoms. The molecule has 0 heterocycles. The van der Waals surface area contributed by atoms with Crippen molar-refractivity contribution in [2.75, 3.05) is 0 Å². The summed E-state index contributed by atoms with van der Waals surface area (Å²) in [7, 11) is 0. The Morgan fingerprint density at radius 1 is 1.00 bits per heavy atom. The minimum atomic E-state index is -0.0988. The molecule has 0 aliphatic carbocycles. The molecule has 0 unspecified atom stereocenters. The van der Waals surface area contributed by atoms with Gasteiger partial charge in [0.15, 0.2) is 0 Å². The van der Waals surface area contributed by atoms with E-state index in [0.29, 0.717) is 6.42 Å².